The molecule has 9 heteroatoms. The molecule has 2 aromatic carbocycles. The zero-order valence-corrected chi connectivity index (χ0v) is 19.2. The van der Waals surface area contributed by atoms with Gasteiger partial charge in [-0.3, -0.25) is 24.0 Å². The normalized spacial score (nSPS) is 13.3. The van der Waals surface area contributed by atoms with Crippen LogP contribution in [-0.4, -0.2) is 43.3 Å². The quantitative estimate of drug-likeness (QED) is 0.556. The van der Waals surface area contributed by atoms with E-state index in [1.165, 1.54) is 23.1 Å². The van der Waals surface area contributed by atoms with Crippen molar-refractivity contribution < 1.29 is 22.8 Å². The van der Waals surface area contributed by atoms with Crippen molar-refractivity contribution in [2.24, 2.45) is 0 Å². The number of rotatable bonds is 9. The maximum atomic E-state index is 12.8. The molecule has 0 radical (unpaired) electrons. The number of amides is 3. The van der Waals surface area contributed by atoms with Crippen LogP contribution >= 0.6 is 0 Å². The lowest BCUT2D eigenvalue weighted by molar-refractivity contribution is 0.0652. The van der Waals surface area contributed by atoms with E-state index in [2.05, 4.69) is 10.0 Å². The minimum atomic E-state index is -3.47. The summed E-state index contributed by atoms with van der Waals surface area (Å²) in [5.74, 6) is -1.19. The molecule has 1 aliphatic rings. The minimum Gasteiger partial charge on any atom is -0.322 e. The topological polar surface area (TPSA) is 113 Å². The third kappa shape index (κ3) is 4.83. The number of imide groups is 1. The highest BCUT2D eigenvalue weighted by molar-refractivity contribution is 7.92. The second kappa shape index (κ2) is 9.52. The summed E-state index contributed by atoms with van der Waals surface area (Å²) in [6.45, 7) is 5.81. The lowest BCUT2D eigenvalue weighted by atomic mass is 10.0. The van der Waals surface area contributed by atoms with Crippen molar-refractivity contribution in [3.8, 4) is 0 Å². The van der Waals surface area contributed by atoms with Gasteiger partial charge in [-0.25, -0.2) is 8.42 Å². The second-order valence-electron chi connectivity index (χ2n) is 7.73. The van der Waals surface area contributed by atoms with E-state index in [0.29, 0.717) is 35.5 Å². The number of sulfonamides is 1. The smallest absolute Gasteiger partial charge is 0.261 e. The average Bonchev–Trinajstić information content (AvgIpc) is 2.98. The van der Waals surface area contributed by atoms with Gasteiger partial charge < -0.3 is 5.32 Å². The number of benzene rings is 2. The van der Waals surface area contributed by atoms with Crippen molar-refractivity contribution in [1.29, 1.82) is 0 Å². The maximum Gasteiger partial charge on any atom is 0.261 e. The summed E-state index contributed by atoms with van der Waals surface area (Å²) in [5, 5.41) is 2.76. The zero-order valence-electron chi connectivity index (χ0n) is 18.4. The van der Waals surface area contributed by atoms with E-state index in [1.807, 2.05) is 6.92 Å². The molecule has 3 amide bonds. The Bertz CT molecular complexity index is 1170. The Kier molecular flexibility index (Phi) is 6.98. The summed E-state index contributed by atoms with van der Waals surface area (Å²) in [6.07, 6.45) is 2.06. The summed E-state index contributed by atoms with van der Waals surface area (Å²) < 4.78 is 26.7. The van der Waals surface area contributed by atoms with Crippen LogP contribution in [0.1, 0.15) is 69.7 Å². The third-order valence-corrected chi connectivity index (χ3v) is 6.77. The van der Waals surface area contributed by atoms with E-state index in [1.54, 1.807) is 32.0 Å². The van der Waals surface area contributed by atoms with Crippen LogP contribution in [0, 0.1) is 6.92 Å². The SMILES string of the molecule is CCCCN1C(=O)c2ccc(C(=O)Nc3cccc(NS(=O)(=O)CCC)c3C)cc2C1=O. The molecule has 32 heavy (non-hydrogen) atoms. The second-order valence-corrected chi connectivity index (χ2v) is 9.57. The molecule has 3 rings (SSSR count). The first-order valence-electron chi connectivity index (χ1n) is 10.6. The Hall–Kier alpha value is -3.20. The van der Waals surface area contributed by atoms with Crippen LogP contribution in [0.3, 0.4) is 0 Å². The highest BCUT2D eigenvalue weighted by atomic mass is 32.2. The summed E-state index contributed by atoms with van der Waals surface area (Å²) in [7, 11) is -3.47. The number of hydrogen-bond donors (Lipinski definition) is 2. The molecule has 2 N–H and O–H groups in total. The van der Waals surface area contributed by atoms with Gasteiger partial charge in [0.05, 0.1) is 22.6 Å². The van der Waals surface area contributed by atoms with E-state index < -0.39 is 21.8 Å². The van der Waals surface area contributed by atoms with Crippen molar-refractivity contribution in [2.75, 3.05) is 22.3 Å². The van der Waals surface area contributed by atoms with Gasteiger partial charge in [0, 0.05) is 17.8 Å². The Morgan fingerprint density at radius 2 is 1.66 bits per heavy atom. The van der Waals surface area contributed by atoms with Crippen LogP contribution in [0.25, 0.3) is 0 Å². The Morgan fingerprint density at radius 3 is 2.34 bits per heavy atom. The Morgan fingerprint density at radius 1 is 0.969 bits per heavy atom. The van der Waals surface area contributed by atoms with Gasteiger partial charge in [-0.1, -0.05) is 26.3 Å². The number of nitrogens with one attached hydrogen (secondary N) is 2. The molecule has 1 aliphatic heterocycles. The molecule has 0 unspecified atom stereocenters. The molecule has 0 aliphatic carbocycles. The van der Waals surface area contributed by atoms with E-state index in [0.717, 1.165) is 12.8 Å². The molecule has 1 heterocycles. The first kappa shape index (κ1) is 23.5. The average molecular weight is 458 g/mol. The van der Waals surface area contributed by atoms with E-state index in [-0.39, 0.29) is 22.8 Å². The molecule has 2 aromatic rings. The van der Waals surface area contributed by atoms with Gasteiger partial charge in [0.2, 0.25) is 10.0 Å². The van der Waals surface area contributed by atoms with E-state index >= 15 is 0 Å². The van der Waals surface area contributed by atoms with Gasteiger partial charge in [-0.05, 0) is 55.7 Å². The fourth-order valence-corrected chi connectivity index (χ4v) is 4.71. The lowest BCUT2D eigenvalue weighted by Crippen LogP contribution is -2.30. The number of carbonyl (C=O) groups excluding carboxylic acids is 3. The minimum absolute atomic E-state index is 0.000174. The van der Waals surface area contributed by atoms with Gasteiger partial charge in [0.1, 0.15) is 0 Å². The predicted molar refractivity (Wildman–Crippen MR) is 124 cm³/mol. The third-order valence-electron chi connectivity index (χ3n) is 5.29. The van der Waals surface area contributed by atoms with Gasteiger partial charge in [-0.2, -0.15) is 0 Å². The van der Waals surface area contributed by atoms with Crippen LogP contribution in [0.4, 0.5) is 11.4 Å². The van der Waals surface area contributed by atoms with Crippen LogP contribution in [0.15, 0.2) is 36.4 Å². The number of anilines is 2. The molecule has 0 aromatic heterocycles. The lowest BCUT2D eigenvalue weighted by Gasteiger charge is -2.14. The van der Waals surface area contributed by atoms with Gasteiger partial charge in [0.15, 0.2) is 0 Å². The Balaban J connectivity index is 1.81. The van der Waals surface area contributed by atoms with Crippen molar-refractivity contribution >= 4 is 39.1 Å². The first-order chi connectivity index (χ1) is 15.2. The summed E-state index contributed by atoms with van der Waals surface area (Å²) in [6, 6.07) is 9.37. The number of fused-ring (bicyclic) bond motifs is 1. The van der Waals surface area contributed by atoms with Crippen molar-refractivity contribution in [2.45, 2.75) is 40.0 Å². The number of nitrogens with zero attached hydrogens (tertiary/aromatic N) is 1. The number of carbonyl (C=O) groups is 3. The fraction of sp³-hybridized carbons (Fsp3) is 0.348. The van der Waals surface area contributed by atoms with Crippen LogP contribution < -0.4 is 10.0 Å². The van der Waals surface area contributed by atoms with Crippen LogP contribution in [0.5, 0.6) is 0 Å². The maximum absolute atomic E-state index is 12.8. The molecule has 0 spiro atoms. The zero-order chi connectivity index (χ0) is 23.5. The van der Waals surface area contributed by atoms with Crippen LogP contribution in [-0.2, 0) is 10.0 Å². The van der Waals surface area contributed by atoms with Crippen molar-refractivity contribution in [3.05, 3.63) is 58.7 Å². The van der Waals surface area contributed by atoms with Gasteiger partial charge in [-0.15, -0.1) is 0 Å². The molecule has 8 nitrogen and oxygen atoms in total. The van der Waals surface area contributed by atoms with E-state index in [4.69, 9.17) is 0 Å². The molecule has 170 valence electrons. The molecule has 0 saturated heterocycles. The summed E-state index contributed by atoms with van der Waals surface area (Å²) >= 11 is 0. The largest absolute Gasteiger partial charge is 0.322 e. The van der Waals surface area contributed by atoms with Crippen molar-refractivity contribution in [1.82, 2.24) is 4.90 Å². The molecule has 0 fully saturated rings. The monoisotopic (exact) mass is 457 g/mol. The summed E-state index contributed by atoms with van der Waals surface area (Å²) in [4.78, 5) is 39.2. The summed E-state index contributed by atoms with van der Waals surface area (Å²) in [5.41, 5.74) is 2.15. The number of hydrogen-bond acceptors (Lipinski definition) is 5. The molecule has 0 atom stereocenters. The van der Waals surface area contributed by atoms with Crippen molar-refractivity contribution in [3.63, 3.8) is 0 Å². The van der Waals surface area contributed by atoms with E-state index in [9.17, 15) is 22.8 Å². The standard InChI is InChI=1S/C23H27N3O5S/c1-4-6-12-26-22(28)17-11-10-16(14-18(17)23(26)29)21(27)24-19-8-7-9-20(15(19)3)25-32(30,31)13-5-2/h7-11,14,25H,4-6,12-13H2,1-3H3,(H,24,27). The molecular weight excluding hydrogens is 430 g/mol. The molecule has 0 bridgehead atoms. The molecule has 0 saturated carbocycles. The fourth-order valence-electron chi connectivity index (χ4n) is 3.51. The number of unbranched alkanes of at least 4 members (excludes halogenated alkanes) is 1. The van der Waals surface area contributed by atoms with Gasteiger partial charge in [0.25, 0.3) is 17.7 Å². The van der Waals surface area contributed by atoms with Crippen LogP contribution in [0.2, 0.25) is 0 Å². The molecular formula is C23H27N3O5S. The Labute approximate surface area is 188 Å². The van der Waals surface area contributed by atoms with Gasteiger partial charge >= 0.3 is 0 Å². The highest BCUT2D eigenvalue weighted by Crippen LogP contribution is 2.27. The predicted octanol–water partition coefficient (Wildman–Crippen LogP) is 3.80. The highest BCUT2D eigenvalue weighted by Gasteiger charge is 2.35. The first-order valence-corrected chi connectivity index (χ1v) is 12.3.